The second-order valence-corrected chi connectivity index (χ2v) is 9.20. The number of imidazole rings is 1. The molecular weight excluding hydrogens is 388 g/mol. The molecule has 1 aliphatic carbocycles. The highest BCUT2D eigenvalue weighted by molar-refractivity contribution is 5.64. The van der Waals surface area contributed by atoms with Crippen molar-refractivity contribution in [1.29, 1.82) is 0 Å². The molecule has 0 aromatic carbocycles. The van der Waals surface area contributed by atoms with E-state index in [1.807, 2.05) is 58.1 Å². The smallest absolute Gasteiger partial charge is 0.154 e. The number of pyridine rings is 1. The summed E-state index contributed by atoms with van der Waals surface area (Å²) < 4.78 is 3.81. The summed E-state index contributed by atoms with van der Waals surface area (Å²) >= 11 is 0. The molecule has 158 valence electrons. The predicted molar refractivity (Wildman–Crippen MR) is 120 cm³/mol. The second-order valence-electron chi connectivity index (χ2n) is 9.20. The third kappa shape index (κ3) is 3.18. The van der Waals surface area contributed by atoms with Crippen molar-refractivity contribution in [2.75, 3.05) is 18.4 Å². The van der Waals surface area contributed by atoms with Gasteiger partial charge in [-0.15, -0.1) is 0 Å². The minimum atomic E-state index is 0.312. The van der Waals surface area contributed by atoms with E-state index in [0.29, 0.717) is 17.5 Å². The number of hydrogen-bond donors (Lipinski definition) is 2. The molecular formula is C23H26N8. The van der Waals surface area contributed by atoms with Gasteiger partial charge in [-0.2, -0.15) is 10.2 Å². The summed E-state index contributed by atoms with van der Waals surface area (Å²) in [5, 5.41) is 16.3. The first kappa shape index (κ1) is 18.5. The number of anilines is 1. The van der Waals surface area contributed by atoms with Gasteiger partial charge in [0.25, 0.3) is 0 Å². The van der Waals surface area contributed by atoms with Crippen molar-refractivity contribution in [3.63, 3.8) is 0 Å². The minimum Gasteiger partial charge on any atom is -0.367 e. The van der Waals surface area contributed by atoms with E-state index in [2.05, 4.69) is 34.6 Å². The molecule has 4 aromatic heterocycles. The lowest BCUT2D eigenvalue weighted by atomic mass is 9.62. The van der Waals surface area contributed by atoms with E-state index in [1.165, 1.54) is 12.8 Å². The van der Waals surface area contributed by atoms with Crippen LogP contribution < -0.4 is 10.6 Å². The topological polar surface area (TPSA) is 85.0 Å². The Kier molecular flexibility index (Phi) is 4.11. The quantitative estimate of drug-likeness (QED) is 0.521. The first-order valence-electron chi connectivity index (χ1n) is 10.9. The molecule has 1 saturated heterocycles. The molecule has 1 aliphatic heterocycles. The van der Waals surface area contributed by atoms with E-state index in [0.717, 1.165) is 47.2 Å². The van der Waals surface area contributed by atoms with Gasteiger partial charge in [0, 0.05) is 36.9 Å². The largest absolute Gasteiger partial charge is 0.367 e. The molecule has 2 aliphatic rings. The minimum absolute atomic E-state index is 0.312. The number of nitrogens with zero attached hydrogens (tertiary/aromatic N) is 6. The Morgan fingerprint density at radius 1 is 1.10 bits per heavy atom. The number of aromatic nitrogens is 6. The van der Waals surface area contributed by atoms with Crippen LogP contribution in [0, 0.1) is 5.41 Å². The fraction of sp³-hybridized carbons (Fsp3) is 0.391. The van der Waals surface area contributed by atoms with E-state index in [-0.39, 0.29) is 0 Å². The molecule has 1 saturated carbocycles. The van der Waals surface area contributed by atoms with Crippen LogP contribution in [0.5, 0.6) is 0 Å². The van der Waals surface area contributed by atoms with Gasteiger partial charge in [-0.1, -0.05) is 6.07 Å². The van der Waals surface area contributed by atoms with Gasteiger partial charge in [-0.3, -0.25) is 4.68 Å². The molecule has 5 heterocycles. The van der Waals surface area contributed by atoms with Crippen LogP contribution in [0.2, 0.25) is 0 Å². The summed E-state index contributed by atoms with van der Waals surface area (Å²) in [5.74, 6) is 0.911. The summed E-state index contributed by atoms with van der Waals surface area (Å²) in [6.45, 7) is 6.54. The summed E-state index contributed by atoms with van der Waals surface area (Å²) in [6, 6.07) is 10.9. The van der Waals surface area contributed by atoms with Gasteiger partial charge in [0.1, 0.15) is 11.5 Å². The normalized spacial score (nSPS) is 17.8. The maximum Gasteiger partial charge on any atom is 0.154 e. The molecule has 0 amide bonds. The number of rotatable bonds is 5. The zero-order valence-corrected chi connectivity index (χ0v) is 17.8. The van der Waals surface area contributed by atoms with Crippen LogP contribution in [0.4, 0.5) is 5.82 Å². The maximum atomic E-state index is 4.86. The summed E-state index contributed by atoms with van der Waals surface area (Å²) in [4.78, 5) is 9.40. The van der Waals surface area contributed by atoms with Gasteiger partial charge < -0.3 is 10.6 Å². The molecule has 0 atom stereocenters. The molecule has 2 N–H and O–H groups in total. The Morgan fingerprint density at radius 2 is 1.97 bits per heavy atom. The Balaban J connectivity index is 1.29. The summed E-state index contributed by atoms with van der Waals surface area (Å²) in [5.41, 5.74) is 4.93. The molecule has 8 heteroatoms. The average molecular weight is 415 g/mol. The molecule has 0 radical (unpaired) electrons. The molecule has 31 heavy (non-hydrogen) atoms. The fourth-order valence-electron chi connectivity index (χ4n) is 4.68. The van der Waals surface area contributed by atoms with Crippen molar-refractivity contribution in [3.05, 3.63) is 48.9 Å². The van der Waals surface area contributed by atoms with Gasteiger partial charge >= 0.3 is 0 Å². The van der Waals surface area contributed by atoms with E-state index < -0.39 is 0 Å². The third-order valence-corrected chi connectivity index (χ3v) is 6.51. The Morgan fingerprint density at radius 3 is 2.71 bits per heavy atom. The third-order valence-electron chi connectivity index (χ3n) is 6.51. The predicted octanol–water partition coefficient (Wildman–Crippen LogP) is 3.40. The van der Waals surface area contributed by atoms with Crippen LogP contribution in [0.3, 0.4) is 0 Å². The standard InChI is InChI=1S/C23H26N8/c1-15(2)30-12-16(10-26-30)18-6-7-22-25-11-20(31(22)29-18)19-4-3-5-21(28-19)27-17-8-23(9-17)13-24-14-23/h3-7,10-12,15,17,24H,8-9,13-14H2,1-2H3,(H,27,28). The van der Waals surface area contributed by atoms with Gasteiger partial charge in [-0.05, 0) is 56.4 Å². The molecule has 8 nitrogen and oxygen atoms in total. The lowest BCUT2D eigenvalue weighted by Crippen LogP contribution is -2.63. The van der Waals surface area contributed by atoms with Crippen LogP contribution in [0.15, 0.2) is 48.9 Å². The number of nitrogens with one attached hydrogen (secondary N) is 2. The summed E-state index contributed by atoms with van der Waals surface area (Å²) in [7, 11) is 0. The highest BCUT2D eigenvalue weighted by Crippen LogP contribution is 2.45. The van der Waals surface area contributed by atoms with Crippen molar-refractivity contribution in [3.8, 4) is 22.6 Å². The van der Waals surface area contributed by atoms with Crippen LogP contribution in [-0.2, 0) is 0 Å². The lowest BCUT2D eigenvalue weighted by molar-refractivity contribution is 0.0469. The lowest BCUT2D eigenvalue weighted by Gasteiger charge is -2.54. The highest BCUT2D eigenvalue weighted by atomic mass is 15.3. The Labute approximate surface area is 180 Å². The van der Waals surface area contributed by atoms with Gasteiger partial charge in [0.2, 0.25) is 0 Å². The molecule has 2 fully saturated rings. The second kappa shape index (κ2) is 6.88. The first-order chi connectivity index (χ1) is 15.1. The molecule has 0 bridgehead atoms. The maximum absolute atomic E-state index is 4.86. The van der Waals surface area contributed by atoms with Crippen molar-refractivity contribution in [1.82, 2.24) is 34.7 Å². The first-order valence-corrected chi connectivity index (χ1v) is 10.9. The number of hydrogen-bond acceptors (Lipinski definition) is 6. The number of fused-ring (bicyclic) bond motifs is 1. The zero-order valence-electron chi connectivity index (χ0n) is 17.8. The van der Waals surface area contributed by atoms with Gasteiger partial charge in [-0.25, -0.2) is 14.5 Å². The van der Waals surface area contributed by atoms with Gasteiger partial charge in [0.15, 0.2) is 5.65 Å². The Hall–Kier alpha value is -3.26. The van der Waals surface area contributed by atoms with Crippen molar-refractivity contribution in [2.24, 2.45) is 5.41 Å². The Bertz CT molecular complexity index is 1240. The van der Waals surface area contributed by atoms with E-state index in [9.17, 15) is 0 Å². The van der Waals surface area contributed by atoms with Crippen molar-refractivity contribution in [2.45, 2.75) is 38.8 Å². The zero-order chi connectivity index (χ0) is 21.0. The van der Waals surface area contributed by atoms with Crippen LogP contribution in [0.25, 0.3) is 28.3 Å². The van der Waals surface area contributed by atoms with Crippen LogP contribution >= 0.6 is 0 Å². The molecule has 1 spiro atoms. The molecule has 0 unspecified atom stereocenters. The SMILES string of the molecule is CC(C)n1cc(-c2ccc3ncc(-c4cccc(NC5CC6(CNC6)C5)n4)n3n2)cn1. The molecule has 6 rings (SSSR count). The monoisotopic (exact) mass is 414 g/mol. The van der Waals surface area contributed by atoms with E-state index in [4.69, 9.17) is 10.1 Å². The summed E-state index contributed by atoms with van der Waals surface area (Å²) in [6.07, 6.45) is 8.17. The fourth-order valence-corrected chi connectivity index (χ4v) is 4.68. The van der Waals surface area contributed by atoms with Gasteiger partial charge in [0.05, 0.1) is 23.8 Å². The van der Waals surface area contributed by atoms with Crippen molar-refractivity contribution < 1.29 is 0 Å². The van der Waals surface area contributed by atoms with E-state index in [1.54, 1.807) is 0 Å². The van der Waals surface area contributed by atoms with Crippen LogP contribution in [0.1, 0.15) is 32.7 Å². The average Bonchev–Trinajstić information content (AvgIpc) is 3.36. The van der Waals surface area contributed by atoms with E-state index >= 15 is 0 Å². The molecule has 4 aromatic rings. The van der Waals surface area contributed by atoms with Crippen LogP contribution in [-0.4, -0.2) is 48.5 Å². The van der Waals surface area contributed by atoms with Crippen molar-refractivity contribution >= 4 is 11.5 Å². The highest BCUT2D eigenvalue weighted by Gasteiger charge is 2.48.